The van der Waals surface area contributed by atoms with Crippen LogP contribution in [-0.4, -0.2) is 18.6 Å². The van der Waals surface area contributed by atoms with Crippen molar-refractivity contribution in [3.05, 3.63) is 16.1 Å². The molecule has 0 radical (unpaired) electrons. The fourth-order valence-electron chi connectivity index (χ4n) is 0.909. The molecule has 1 heterocycles. The van der Waals surface area contributed by atoms with Gasteiger partial charge in [0, 0.05) is 0 Å². The Balaban J connectivity index is 2.44. The van der Waals surface area contributed by atoms with Gasteiger partial charge in [0.1, 0.15) is 0 Å². The number of nitrogens with zero attached hydrogens (tertiary/aromatic N) is 1. The number of thiazole rings is 1. The van der Waals surface area contributed by atoms with Crippen LogP contribution in [0.5, 0.6) is 0 Å². The van der Waals surface area contributed by atoms with Crippen molar-refractivity contribution >= 4 is 18.5 Å². The third-order valence-electron chi connectivity index (χ3n) is 1.66. The molecule has 0 aliphatic rings. The third kappa shape index (κ3) is 3.36. The zero-order valence-corrected chi connectivity index (χ0v) is 8.73. The van der Waals surface area contributed by atoms with Gasteiger partial charge in [0.25, 0.3) is 0 Å². The summed E-state index contributed by atoms with van der Waals surface area (Å²) in [5.74, 6) is 0.482. The maximum absolute atomic E-state index is 10.0. The molecule has 0 atom stereocenters. The average molecular weight is 196 g/mol. The molecule has 0 spiro atoms. The first-order valence-corrected chi connectivity index (χ1v) is 5.20. The maximum atomic E-state index is 10.0. The van der Waals surface area contributed by atoms with E-state index in [9.17, 15) is 4.70 Å². The summed E-state index contributed by atoms with van der Waals surface area (Å²) in [6.07, 6.45) is 0.399. The van der Waals surface area contributed by atoms with E-state index in [4.69, 9.17) is 0 Å². The van der Waals surface area contributed by atoms with Crippen molar-refractivity contribution in [3.8, 4) is 0 Å². The molecule has 0 aromatic carbocycles. The predicted molar refractivity (Wildman–Crippen MR) is 54.4 cm³/mol. The Labute approximate surface area is 82.8 Å². The van der Waals surface area contributed by atoms with Crippen LogP contribution in [0.3, 0.4) is 0 Å². The standard InChI is InChI=1S/C8H13BN2OS/c1-6(2)7-4-13-8(11-7)3-10-5-9-12/h4,6,10H,3,5H2,1-2H3. The van der Waals surface area contributed by atoms with Gasteiger partial charge in [0.2, 0.25) is 0 Å². The summed E-state index contributed by atoms with van der Waals surface area (Å²) in [5.41, 5.74) is 1.13. The van der Waals surface area contributed by atoms with Gasteiger partial charge in [0.15, 0.2) is 0 Å². The van der Waals surface area contributed by atoms with Crippen molar-refractivity contribution in [3.63, 3.8) is 0 Å². The minimum absolute atomic E-state index is 0.399. The van der Waals surface area contributed by atoms with Crippen LogP contribution in [0.2, 0.25) is 0 Å². The molecule has 1 aromatic heterocycles. The molecule has 0 bridgehead atoms. The zero-order chi connectivity index (χ0) is 9.68. The number of hydrogen-bond acceptors (Lipinski definition) is 4. The van der Waals surface area contributed by atoms with Gasteiger partial charge in [-0.2, -0.15) is 0 Å². The van der Waals surface area contributed by atoms with Crippen LogP contribution in [-0.2, 0) is 11.2 Å². The SMILES string of the molecule is CC(C)c1csc(CNCB=O)n1. The van der Waals surface area contributed by atoms with Crippen molar-refractivity contribution in [1.82, 2.24) is 10.3 Å². The average Bonchev–Trinajstić information content (AvgIpc) is 2.53. The molecular formula is C8H13BN2OS. The van der Waals surface area contributed by atoms with Gasteiger partial charge in [-0.15, -0.1) is 0 Å². The van der Waals surface area contributed by atoms with Crippen molar-refractivity contribution in [2.75, 3.05) is 6.44 Å². The van der Waals surface area contributed by atoms with E-state index >= 15 is 0 Å². The molecule has 1 N–H and O–H groups in total. The fraction of sp³-hybridized carbons (Fsp3) is 0.625. The van der Waals surface area contributed by atoms with Gasteiger partial charge >= 0.3 is 82.3 Å². The third-order valence-corrected chi connectivity index (χ3v) is 2.53. The van der Waals surface area contributed by atoms with Crippen molar-refractivity contribution in [2.45, 2.75) is 26.3 Å². The Hall–Kier alpha value is -0.545. The first kappa shape index (κ1) is 10.5. The van der Waals surface area contributed by atoms with E-state index in [2.05, 4.69) is 29.5 Å². The Kier molecular flexibility index (Phi) is 4.25. The molecule has 0 amide bonds. The van der Waals surface area contributed by atoms with Gasteiger partial charge in [-0.25, -0.2) is 0 Å². The van der Waals surface area contributed by atoms with Crippen molar-refractivity contribution in [2.24, 2.45) is 0 Å². The van der Waals surface area contributed by atoms with Crippen LogP contribution in [0.15, 0.2) is 5.38 Å². The van der Waals surface area contributed by atoms with Crippen LogP contribution in [0.4, 0.5) is 0 Å². The molecule has 3 nitrogen and oxygen atoms in total. The molecule has 13 heavy (non-hydrogen) atoms. The molecule has 70 valence electrons. The summed E-state index contributed by atoms with van der Waals surface area (Å²) in [4.78, 5) is 4.42. The van der Waals surface area contributed by atoms with Gasteiger partial charge < -0.3 is 0 Å². The van der Waals surface area contributed by atoms with Crippen LogP contribution in [0, 0.1) is 0 Å². The van der Waals surface area contributed by atoms with E-state index in [-0.39, 0.29) is 0 Å². The van der Waals surface area contributed by atoms with Crippen molar-refractivity contribution < 1.29 is 4.70 Å². The first-order valence-electron chi connectivity index (χ1n) is 4.32. The molecule has 5 heteroatoms. The van der Waals surface area contributed by atoms with Gasteiger partial charge in [-0.1, -0.05) is 0 Å². The number of aromatic nitrogens is 1. The normalized spacial score (nSPS) is 10.4. The van der Waals surface area contributed by atoms with Crippen LogP contribution in [0.1, 0.15) is 30.5 Å². The Bertz CT molecular complexity index is 275. The quantitative estimate of drug-likeness (QED) is 0.571. The molecule has 0 aliphatic carbocycles. The molecular weight excluding hydrogens is 183 g/mol. The van der Waals surface area contributed by atoms with Crippen LogP contribution < -0.4 is 5.32 Å². The van der Waals surface area contributed by atoms with Gasteiger partial charge in [-0.05, 0) is 0 Å². The van der Waals surface area contributed by atoms with E-state index in [0.29, 0.717) is 18.9 Å². The monoisotopic (exact) mass is 196 g/mol. The first-order chi connectivity index (χ1) is 6.24. The summed E-state index contributed by atoms with van der Waals surface area (Å²) in [6.45, 7) is 4.94. The topological polar surface area (TPSA) is 42.0 Å². The van der Waals surface area contributed by atoms with Crippen molar-refractivity contribution in [1.29, 1.82) is 0 Å². The van der Waals surface area contributed by atoms with Gasteiger partial charge in [-0.3, -0.25) is 0 Å². The molecule has 0 saturated heterocycles. The number of rotatable bonds is 5. The second kappa shape index (κ2) is 5.24. The summed E-state index contributed by atoms with van der Waals surface area (Å²) < 4.78 is 10.0. The van der Waals surface area contributed by atoms with E-state index in [1.165, 1.54) is 0 Å². The van der Waals surface area contributed by atoms with Crippen LogP contribution >= 0.6 is 11.3 Å². The summed E-state index contributed by atoms with van der Waals surface area (Å²) in [5, 5.41) is 6.10. The zero-order valence-electron chi connectivity index (χ0n) is 7.91. The molecule has 1 rings (SSSR count). The summed E-state index contributed by atoms with van der Waals surface area (Å²) in [6, 6.07) is 0. The van der Waals surface area contributed by atoms with E-state index < -0.39 is 0 Å². The molecule has 0 unspecified atom stereocenters. The van der Waals surface area contributed by atoms with Crippen LogP contribution in [0.25, 0.3) is 0 Å². The molecule has 0 aliphatic heterocycles. The number of hydrogen-bond donors (Lipinski definition) is 1. The predicted octanol–water partition coefficient (Wildman–Crippen LogP) is 1.36. The Morgan fingerprint density at radius 2 is 2.46 bits per heavy atom. The van der Waals surface area contributed by atoms with E-state index in [1.807, 2.05) is 0 Å². The Morgan fingerprint density at radius 1 is 1.69 bits per heavy atom. The second-order valence-electron chi connectivity index (χ2n) is 3.12. The fourth-order valence-corrected chi connectivity index (χ4v) is 1.83. The van der Waals surface area contributed by atoms with E-state index in [0.717, 1.165) is 17.9 Å². The Morgan fingerprint density at radius 3 is 3.00 bits per heavy atom. The summed E-state index contributed by atoms with van der Waals surface area (Å²) in [7, 11) is 0.858. The van der Waals surface area contributed by atoms with E-state index in [1.54, 1.807) is 11.3 Å². The summed E-state index contributed by atoms with van der Waals surface area (Å²) >= 11 is 1.64. The minimum atomic E-state index is 0.399. The molecule has 0 saturated carbocycles. The molecule has 1 aromatic rings. The number of nitrogens with one attached hydrogen (secondary N) is 1. The molecule has 0 fully saturated rings. The van der Waals surface area contributed by atoms with Gasteiger partial charge in [0.05, 0.1) is 0 Å². The second-order valence-corrected chi connectivity index (χ2v) is 4.06.